The van der Waals surface area contributed by atoms with Crippen LogP contribution in [0, 0.1) is 36.0 Å². The van der Waals surface area contributed by atoms with Gasteiger partial charge in [0.2, 0.25) is 0 Å². The Morgan fingerprint density at radius 2 is 1.69 bits per heavy atom. The number of nitrogens with zero attached hydrogens (tertiary/aromatic N) is 1. The van der Waals surface area contributed by atoms with Crippen molar-refractivity contribution < 1.29 is 9.53 Å². The average molecular weight is 395 g/mol. The summed E-state index contributed by atoms with van der Waals surface area (Å²) < 4.78 is 5.28. The van der Waals surface area contributed by atoms with E-state index >= 15 is 0 Å². The minimum Gasteiger partial charge on any atom is -0.444 e. The number of nitrogens with one attached hydrogen (secondary N) is 1. The molecule has 0 aromatic heterocycles. The molecule has 2 saturated heterocycles. The van der Waals surface area contributed by atoms with E-state index in [1.807, 2.05) is 39.0 Å². The zero-order valence-electron chi connectivity index (χ0n) is 18.0. The standard InChI is InChI=1S/C13H15N.C12H19NO2/c1-2-4-12(5-3-1)6-7-13-8-10-14-11-9-13;1-5-10-6-8-13(9-7-10)11(14)15-12(2,3)4/h1-5,13-14H,8-11H2;1,10H,6-9H2,2-4H3. The number of benzene rings is 1. The molecule has 1 amide bonds. The molecule has 1 aromatic rings. The lowest BCUT2D eigenvalue weighted by Gasteiger charge is -2.31. The Morgan fingerprint density at radius 1 is 1.07 bits per heavy atom. The van der Waals surface area contributed by atoms with E-state index in [0.717, 1.165) is 31.5 Å². The fraction of sp³-hybridized carbons (Fsp3) is 0.560. The van der Waals surface area contributed by atoms with Gasteiger partial charge in [-0.3, -0.25) is 0 Å². The number of hydrogen-bond donors (Lipinski definition) is 1. The first-order chi connectivity index (χ1) is 13.9. The fourth-order valence-electron chi connectivity index (χ4n) is 3.23. The Balaban J connectivity index is 0.000000207. The number of piperidine rings is 2. The summed E-state index contributed by atoms with van der Waals surface area (Å²) in [6.07, 6.45) is 9.28. The molecule has 1 aromatic carbocycles. The van der Waals surface area contributed by atoms with Crippen LogP contribution in [0.4, 0.5) is 4.79 Å². The van der Waals surface area contributed by atoms with E-state index in [-0.39, 0.29) is 6.09 Å². The van der Waals surface area contributed by atoms with Crippen molar-refractivity contribution in [3.8, 4) is 24.2 Å². The Kier molecular flexibility index (Phi) is 9.10. The predicted molar refractivity (Wildman–Crippen MR) is 118 cm³/mol. The lowest BCUT2D eigenvalue weighted by molar-refractivity contribution is 0.0199. The quantitative estimate of drug-likeness (QED) is 0.667. The van der Waals surface area contributed by atoms with Crippen LogP contribution >= 0.6 is 0 Å². The van der Waals surface area contributed by atoms with E-state index in [2.05, 4.69) is 35.2 Å². The molecule has 2 heterocycles. The zero-order valence-corrected chi connectivity index (χ0v) is 18.0. The normalized spacial score (nSPS) is 17.8. The number of likely N-dealkylation sites (tertiary alicyclic amines) is 1. The molecule has 0 aliphatic carbocycles. The first kappa shape index (κ1) is 22.9. The van der Waals surface area contributed by atoms with Crippen molar-refractivity contribution >= 4 is 6.09 Å². The van der Waals surface area contributed by atoms with Gasteiger partial charge in [-0.15, -0.1) is 12.3 Å². The third kappa shape index (κ3) is 9.07. The molecule has 0 unspecified atom stereocenters. The summed E-state index contributed by atoms with van der Waals surface area (Å²) in [5, 5.41) is 3.35. The van der Waals surface area contributed by atoms with Crippen LogP contribution in [0.15, 0.2) is 30.3 Å². The fourth-order valence-corrected chi connectivity index (χ4v) is 3.23. The summed E-state index contributed by atoms with van der Waals surface area (Å²) in [4.78, 5) is 13.4. The Labute approximate surface area is 176 Å². The SMILES string of the molecule is C#CC1CCN(C(=O)OC(C)(C)C)CC1.C(#CC1CCNCC1)c1ccccc1. The lowest BCUT2D eigenvalue weighted by atomic mass is 9.98. The Morgan fingerprint density at radius 3 is 2.24 bits per heavy atom. The summed E-state index contributed by atoms with van der Waals surface area (Å²) in [7, 11) is 0. The molecule has 0 bridgehead atoms. The van der Waals surface area contributed by atoms with Gasteiger partial charge in [0.25, 0.3) is 0 Å². The van der Waals surface area contributed by atoms with Gasteiger partial charge >= 0.3 is 6.09 Å². The van der Waals surface area contributed by atoms with Crippen molar-refractivity contribution in [2.45, 2.75) is 52.1 Å². The minimum atomic E-state index is -0.417. The van der Waals surface area contributed by atoms with Gasteiger partial charge < -0.3 is 15.0 Å². The Bertz CT molecular complexity index is 720. The zero-order chi connectivity index (χ0) is 21.1. The molecular formula is C25H34N2O2. The molecule has 0 spiro atoms. The molecule has 156 valence electrons. The minimum absolute atomic E-state index is 0.224. The van der Waals surface area contributed by atoms with Crippen molar-refractivity contribution in [1.82, 2.24) is 10.2 Å². The number of carbonyl (C=O) groups is 1. The van der Waals surface area contributed by atoms with E-state index in [1.165, 1.54) is 12.8 Å². The number of ether oxygens (including phenoxy) is 1. The van der Waals surface area contributed by atoms with Gasteiger partial charge in [0, 0.05) is 30.5 Å². The lowest BCUT2D eigenvalue weighted by Crippen LogP contribution is -2.41. The second-order valence-corrected chi connectivity index (χ2v) is 8.57. The van der Waals surface area contributed by atoms with E-state index in [9.17, 15) is 4.79 Å². The molecule has 1 N–H and O–H groups in total. The number of carbonyl (C=O) groups excluding carboxylic acids is 1. The number of hydrogen-bond acceptors (Lipinski definition) is 3. The van der Waals surface area contributed by atoms with E-state index in [0.29, 0.717) is 24.9 Å². The van der Waals surface area contributed by atoms with Gasteiger partial charge in [-0.25, -0.2) is 4.79 Å². The van der Waals surface area contributed by atoms with Crippen molar-refractivity contribution in [3.05, 3.63) is 35.9 Å². The van der Waals surface area contributed by atoms with Gasteiger partial charge in [0.1, 0.15) is 5.60 Å². The molecule has 0 atom stereocenters. The average Bonchev–Trinajstić information content (AvgIpc) is 2.73. The highest BCUT2D eigenvalue weighted by atomic mass is 16.6. The van der Waals surface area contributed by atoms with Crippen molar-refractivity contribution in [2.75, 3.05) is 26.2 Å². The van der Waals surface area contributed by atoms with Crippen LogP contribution < -0.4 is 5.32 Å². The summed E-state index contributed by atoms with van der Waals surface area (Å²) in [6.45, 7) is 9.28. The molecule has 2 aliphatic rings. The second kappa shape index (κ2) is 11.5. The molecule has 3 rings (SSSR count). The van der Waals surface area contributed by atoms with Crippen LogP contribution in [0.5, 0.6) is 0 Å². The van der Waals surface area contributed by atoms with E-state index in [1.54, 1.807) is 4.90 Å². The highest BCUT2D eigenvalue weighted by molar-refractivity contribution is 5.68. The second-order valence-electron chi connectivity index (χ2n) is 8.57. The van der Waals surface area contributed by atoms with Crippen LogP contribution in [0.2, 0.25) is 0 Å². The van der Waals surface area contributed by atoms with Crippen LogP contribution in [-0.2, 0) is 4.74 Å². The molecule has 29 heavy (non-hydrogen) atoms. The Hall–Kier alpha value is -2.43. The predicted octanol–water partition coefficient (Wildman–Crippen LogP) is 4.30. The number of rotatable bonds is 0. The monoisotopic (exact) mass is 394 g/mol. The first-order valence-corrected chi connectivity index (χ1v) is 10.6. The third-order valence-corrected chi connectivity index (χ3v) is 4.92. The summed E-state index contributed by atoms with van der Waals surface area (Å²) in [5.41, 5.74) is 0.714. The van der Waals surface area contributed by atoms with Gasteiger partial charge in [0.15, 0.2) is 0 Å². The largest absolute Gasteiger partial charge is 0.444 e. The van der Waals surface area contributed by atoms with Gasteiger partial charge in [-0.05, 0) is 71.7 Å². The molecule has 2 aliphatic heterocycles. The molecule has 0 saturated carbocycles. The van der Waals surface area contributed by atoms with E-state index in [4.69, 9.17) is 11.2 Å². The maximum Gasteiger partial charge on any atom is 0.410 e. The number of terminal acetylenes is 1. The third-order valence-electron chi connectivity index (χ3n) is 4.92. The maximum atomic E-state index is 11.7. The topological polar surface area (TPSA) is 41.6 Å². The van der Waals surface area contributed by atoms with Crippen molar-refractivity contribution in [1.29, 1.82) is 0 Å². The molecular weight excluding hydrogens is 360 g/mol. The summed E-state index contributed by atoms with van der Waals surface area (Å²) >= 11 is 0. The summed E-state index contributed by atoms with van der Waals surface area (Å²) in [6, 6.07) is 10.2. The van der Waals surface area contributed by atoms with E-state index < -0.39 is 5.60 Å². The number of amides is 1. The van der Waals surface area contributed by atoms with Crippen LogP contribution in [0.25, 0.3) is 0 Å². The highest BCUT2D eigenvalue weighted by Gasteiger charge is 2.25. The van der Waals surface area contributed by atoms with Crippen molar-refractivity contribution in [3.63, 3.8) is 0 Å². The highest BCUT2D eigenvalue weighted by Crippen LogP contribution is 2.18. The first-order valence-electron chi connectivity index (χ1n) is 10.6. The van der Waals surface area contributed by atoms with Crippen LogP contribution in [0.3, 0.4) is 0 Å². The van der Waals surface area contributed by atoms with Crippen LogP contribution in [-0.4, -0.2) is 42.8 Å². The van der Waals surface area contributed by atoms with Gasteiger partial charge in [0.05, 0.1) is 0 Å². The molecule has 2 fully saturated rings. The molecule has 4 heteroatoms. The van der Waals surface area contributed by atoms with Gasteiger partial charge in [-0.2, -0.15) is 0 Å². The smallest absolute Gasteiger partial charge is 0.410 e. The maximum absolute atomic E-state index is 11.7. The van der Waals surface area contributed by atoms with Crippen molar-refractivity contribution in [2.24, 2.45) is 11.8 Å². The van der Waals surface area contributed by atoms with Gasteiger partial charge in [-0.1, -0.05) is 30.0 Å². The van der Waals surface area contributed by atoms with Crippen LogP contribution in [0.1, 0.15) is 52.0 Å². The summed E-state index contributed by atoms with van der Waals surface area (Å²) in [5.74, 6) is 10.2. The molecule has 0 radical (unpaired) electrons. The molecule has 4 nitrogen and oxygen atoms in total.